The molecule has 1 amide bonds. The molecular formula is C20H21N3OS2. The van der Waals surface area contributed by atoms with Crippen molar-refractivity contribution in [2.45, 2.75) is 30.6 Å². The minimum atomic E-state index is -0.0135. The van der Waals surface area contributed by atoms with Crippen molar-refractivity contribution in [1.82, 2.24) is 10.2 Å². The van der Waals surface area contributed by atoms with E-state index in [0.717, 1.165) is 30.0 Å². The second kappa shape index (κ2) is 10.1. The molecule has 0 aliphatic carbocycles. The van der Waals surface area contributed by atoms with E-state index in [4.69, 9.17) is 0 Å². The van der Waals surface area contributed by atoms with E-state index in [1.807, 2.05) is 24.3 Å². The van der Waals surface area contributed by atoms with Crippen LogP contribution in [0.1, 0.15) is 23.4 Å². The Labute approximate surface area is 162 Å². The first-order valence-corrected chi connectivity index (χ1v) is 10.4. The lowest BCUT2D eigenvalue weighted by molar-refractivity contribution is -0.115. The van der Waals surface area contributed by atoms with Crippen LogP contribution in [0.5, 0.6) is 0 Å². The molecule has 0 radical (unpaired) electrons. The van der Waals surface area contributed by atoms with E-state index in [1.54, 1.807) is 11.8 Å². The van der Waals surface area contributed by atoms with Gasteiger partial charge < -0.3 is 5.32 Å². The molecule has 0 atom stereocenters. The molecule has 26 heavy (non-hydrogen) atoms. The van der Waals surface area contributed by atoms with Gasteiger partial charge in [0.2, 0.25) is 11.0 Å². The molecule has 1 aromatic heterocycles. The molecule has 2 aromatic carbocycles. The largest absolute Gasteiger partial charge is 0.301 e. The van der Waals surface area contributed by atoms with Gasteiger partial charge in [0.05, 0.1) is 0 Å². The predicted molar refractivity (Wildman–Crippen MR) is 109 cm³/mol. The molecule has 3 aromatic rings. The van der Waals surface area contributed by atoms with Gasteiger partial charge in [-0.3, -0.25) is 4.79 Å². The highest BCUT2D eigenvalue weighted by atomic mass is 32.2. The highest BCUT2D eigenvalue weighted by Gasteiger charge is 2.08. The molecular weight excluding hydrogens is 362 g/mol. The number of nitrogens with zero attached hydrogens (tertiary/aromatic N) is 2. The summed E-state index contributed by atoms with van der Waals surface area (Å²) in [4.78, 5) is 13.2. The zero-order valence-corrected chi connectivity index (χ0v) is 16.1. The first-order chi connectivity index (χ1) is 12.8. The van der Waals surface area contributed by atoms with E-state index in [-0.39, 0.29) is 5.91 Å². The number of hydrogen-bond donors (Lipinski definition) is 1. The number of rotatable bonds is 9. The van der Waals surface area contributed by atoms with E-state index in [0.29, 0.717) is 11.6 Å². The number of aromatic nitrogens is 2. The zero-order chi connectivity index (χ0) is 18.0. The van der Waals surface area contributed by atoms with Crippen LogP contribution >= 0.6 is 23.1 Å². The summed E-state index contributed by atoms with van der Waals surface area (Å²) in [6, 6.07) is 20.5. The van der Waals surface area contributed by atoms with Crippen LogP contribution in [0, 0.1) is 0 Å². The topological polar surface area (TPSA) is 54.9 Å². The molecule has 0 fully saturated rings. The number of carbonyl (C=O) groups is 1. The summed E-state index contributed by atoms with van der Waals surface area (Å²) < 4.78 is 0. The third-order valence-electron chi connectivity index (χ3n) is 3.75. The lowest BCUT2D eigenvalue weighted by atomic mass is 10.1. The van der Waals surface area contributed by atoms with Crippen LogP contribution in [0.15, 0.2) is 65.6 Å². The Bertz CT molecular complexity index is 806. The quantitative estimate of drug-likeness (QED) is 0.538. The fourth-order valence-corrected chi connectivity index (χ4v) is 4.12. The van der Waals surface area contributed by atoms with Gasteiger partial charge in [0.25, 0.3) is 0 Å². The van der Waals surface area contributed by atoms with Gasteiger partial charge in [-0.15, -0.1) is 22.0 Å². The molecule has 0 aliphatic heterocycles. The van der Waals surface area contributed by atoms with E-state index in [2.05, 4.69) is 51.9 Å². The standard InChI is InChI=1S/C20H21N3OS2/c24-18(14-15-25-17-11-5-2-6-12-17)21-20-23-22-19(26-20)13-7-10-16-8-3-1-4-9-16/h1-6,8-9,11-12H,7,10,13-15H2,(H,21,23,24). The minimum absolute atomic E-state index is 0.0135. The Kier molecular flexibility index (Phi) is 7.22. The van der Waals surface area contributed by atoms with Gasteiger partial charge in [0.15, 0.2) is 0 Å². The van der Waals surface area contributed by atoms with Crippen molar-refractivity contribution in [2.24, 2.45) is 0 Å². The summed E-state index contributed by atoms with van der Waals surface area (Å²) in [7, 11) is 0. The summed E-state index contributed by atoms with van der Waals surface area (Å²) in [6.07, 6.45) is 3.40. The maximum Gasteiger partial charge on any atom is 0.227 e. The smallest absolute Gasteiger partial charge is 0.227 e. The lowest BCUT2D eigenvalue weighted by Gasteiger charge is -2.01. The third kappa shape index (κ3) is 6.28. The van der Waals surface area contributed by atoms with Crippen molar-refractivity contribution in [3.8, 4) is 0 Å². The van der Waals surface area contributed by atoms with Gasteiger partial charge in [-0.1, -0.05) is 59.9 Å². The van der Waals surface area contributed by atoms with Gasteiger partial charge in [-0.05, 0) is 30.5 Å². The van der Waals surface area contributed by atoms with Crippen LogP contribution in [0.25, 0.3) is 0 Å². The van der Waals surface area contributed by atoms with E-state index >= 15 is 0 Å². The summed E-state index contributed by atoms with van der Waals surface area (Å²) >= 11 is 3.15. The van der Waals surface area contributed by atoms with Crippen LogP contribution in [0.4, 0.5) is 5.13 Å². The Morgan fingerprint density at radius 2 is 1.69 bits per heavy atom. The molecule has 0 saturated carbocycles. The number of thioether (sulfide) groups is 1. The molecule has 1 N–H and O–H groups in total. The van der Waals surface area contributed by atoms with E-state index in [9.17, 15) is 4.79 Å². The number of nitrogens with one attached hydrogen (secondary N) is 1. The molecule has 0 bridgehead atoms. The van der Waals surface area contributed by atoms with Gasteiger partial charge in [-0.2, -0.15) is 0 Å². The van der Waals surface area contributed by atoms with Gasteiger partial charge >= 0.3 is 0 Å². The highest BCUT2D eigenvalue weighted by molar-refractivity contribution is 7.99. The molecule has 0 saturated heterocycles. The zero-order valence-electron chi connectivity index (χ0n) is 14.4. The van der Waals surface area contributed by atoms with E-state index in [1.165, 1.54) is 21.8 Å². The minimum Gasteiger partial charge on any atom is -0.301 e. The van der Waals surface area contributed by atoms with Crippen molar-refractivity contribution in [3.05, 3.63) is 71.2 Å². The monoisotopic (exact) mass is 383 g/mol. The number of benzene rings is 2. The molecule has 0 unspecified atom stereocenters. The Morgan fingerprint density at radius 1 is 0.962 bits per heavy atom. The third-order valence-corrected chi connectivity index (χ3v) is 5.67. The average molecular weight is 384 g/mol. The Morgan fingerprint density at radius 3 is 2.46 bits per heavy atom. The predicted octanol–water partition coefficient (Wildman–Crippen LogP) is 4.83. The lowest BCUT2D eigenvalue weighted by Crippen LogP contribution is -2.11. The first kappa shape index (κ1) is 18.6. The molecule has 0 spiro atoms. The molecule has 0 aliphatic rings. The summed E-state index contributed by atoms with van der Waals surface area (Å²) in [6.45, 7) is 0. The van der Waals surface area contributed by atoms with Crippen LogP contribution < -0.4 is 5.32 Å². The number of aryl methyl sites for hydroxylation is 2. The average Bonchev–Trinajstić information content (AvgIpc) is 3.10. The fourth-order valence-electron chi connectivity index (χ4n) is 2.45. The molecule has 6 heteroatoms. The first-order valence-electron chi connectivity index (χ1n) is 8.63. The van der Waals surface area contributed by atoms with Gasteiger partial charge in [0, 0.05) is 23.5 Å². The second-order valence-corrected chi connectivity index (χ2v) is 8.03. The molecule has 4 nitrogen and oxygen atoms in total. The van der Waals surface area contributed by atoms with Crippen LogP contribution in [0.3, 0.4) is 0 Å². The van der Waals surface area contributed by atoms with Crippen molar-refractivity contribution in [3.63, 3.8) is 0 Å². The van der Waals surface area contributed by atoms with Crippen molar-refractivity contribution in [1.29, 1.82) is 0 Å². The maximum atomic E-state index is 12.0. The molecule has 3 rings (SSSR count). The molecule has 1 heterocycles. The van der Waals surface area contributed by atoms with Crippen LogP contribution in [-0.4, -0.2) is 21.9 Å². The highest BCUT2D eigenvalue weighted by Crippen LogP contribution is 2.20. The van der Waals surface area contributed by atoms with Crippen LogP contribution in [0.2, 0.25) is 0 Å². The molecule has 134 valence electrons. The summed E-state index contributed by atoms with van der Waals surface area (Å²) in [5, 5.41) is 12.7. The fraction of sp³-hybridized carbons (Fsp3) is 0.250. The number of hydrogen-bond acceptors (Lipinski definition) is 5. The van der Waals surface area contributed by atoms with Crippen LogP contribution in [-0.2, 0) is 17.6 Å². The maximum absolute atomic E-state index is 12.0. The number of carbonyl (C=O) groups excluding carboxylic acids is 1. The van der Waals surface area contributed by atoms with Crippen molar-refractivity contribution < 1.29 is 4.79 Å². The second-order valence-electron chi connectivity index (χ2n) is 5.80. The number of amides is 1. The van der Waals surface area contributed by atoms with Crippen molar-refractivity contribution >= 4 is 34.1 Å². The summed E-state index contributed by atoms with van der Waals surface area (Å²) in [5.41, 5.74) is 1.33. The SMILES string of the molecule is O=C(CCSc1ccccc1)Nc1nnc(CCCc2ccccc2)s1. The Hall–Kier alpha value is -2.18. The van der Waals surface area contributed by atoms with E-state index < -0.39 is 0 Å². The summed E-state index contributed by atoms with van der Waals surface area (Å²) in [5.74, 6) is 0.735. The van der Waals surface area contributed by atoms with Crippen molar-refractivity contribution in [2.75, 3.05) is 11.1 Å². The van der Waals surface area contributed by atoms with Gasteiger partial charge in [0.1, 0.15) is 5.01 Å². The normalized spacial score (nSPS) is 10.6. The van der Waals surface area contributed by atoms with Gasteiger partial charge in [-0.25, -0.2) is 0 Å². The Balaban J connectivity index is 1.36. The number of anilines is 1.